The fourth-order valence-electron chi connectivity index (χ4n) is 1.79. The number of carbonyl (C=O) groups excluding carboxylic acids is 1. The van der Waals surface area contributed by atoms with Crippen molar-refractivity contribution in [2.45, 2.75) is 5.38 Å². The molecule has 1 heterocycles. The normalized spacial score (nSPS) is 17.6. The molecule has 1 saturated heterocycles. The summed E-state index contributed by atoms with van der Waals surface area (Å²) in [5.41, 5.74) is 0.629. The zero-order chi connectivity index (χ0) is 13.1. The first-order valence-electron chi connectivity index (χ1n) is 5.55. The predicted octanol–water partition coefficient (Wildman–Crippen LogP) is 3.24. The minimum absolute atomic E-state index is 0.125. The van der Waals surface area contributed by atoms with Gasteiger partial charge in [-0.1, -0.05) is 27.5 Å². The highest BCUT2D eigenvalue weighted by Crippen LogP contribution is 2.32. The molecule has 0 bridgehead atoms. The number of nitrogens with zero attached hydrogens (tertiary/aromatic N) is 1. The lowest BCUT2D eigenvalue weighted by Crippen LogP contribution is -2.42. The van der Waals surface area contributed by atoms with Crippen LogP contribution in [0.3, 0.4) is 0 Å². The van der Waals surface area contributed by atoms with E-state index in [4.69, 9.17) is 27.9 Å². The number of alkyl halides is 1. The maximum absolute atomic E-state index is 12.2. The van der Waals surface area contributed by atoms with E-state index in [1.807, 2.05) is 6.07 Å². The first-order valence-corrected chi connectivity index (χ1v) is 7.16. The van der Waals surface area contributed by atoms with Gasteiger partial charge in [0.15, 0.2) is 0 Å². The lowest BCUT2D eigenvalue weighted by atomic mass is 10.1. The number of rotatable bonds is 2. The van der Waals surface area contributed by atoms with Gasteiger partial charge in [-0.2, -0.15) is 0 Å². The Kier molecular flexibility index (Phi) is 4.90. The van der Waals surface area contributed by atoms with Gasteiger partial charge in [-0.15, -0.1) is 11.6 Å². The number of halogens is 3. The molecule has 0 N–H and O–H groups in total. The number of ether oxygens (including phenoxy) is 1. The van der Waals surface area contributed by atoms with Gasteiger partial charge in [-0.25, -0.2) is 0 Å². The second-order valence-electron chi connectivity index (χ2n) is 3.97. The molecule has 0 aliphatic carbocycles. The molecule has 98 valence electrons. The molecule has 0 radical (unpaired) electrons. The van der Waals surface area contributed by atoms with Crippen molar-refractivity contribution in [3.05, 3.63) is 33.3 Å². The zero-order valence-corrected chi connectivity index (χ0v) is 12.6. The summed E-state index contributed by atoms with van der Waals surface area (Å²) in [7, 11) is 0. The molecule has 0 spiro atoms. The molecule has 3 nitrogen and oxygen atoms in total. The lowest BCUT2D eigenvalue weighted by Gasteiger charge is -2.28. The standard InChI is InChI=1S/C12H12BrCl2NO2/c13-8-1-2-10(14)9(7-8)11(15)12(17)16-3-5-18-6-4-16/h1-2,7,11H,3-6H2. The third-order valence-electron chi connectivity index (χ3n) is 2.77. The Hall–Kier alpha value is -0.290. The number of amides is 1. The van der Waals surface area contributed by atoms with E-state index in [-0.39, 0.29) is 5.91 Å². The van der Waals surface area contributed by atoms with Gasteiger partial charge < -0.3 is 9.64 Å². The second-order valence-corrected chi connectivity index (χ2v) is 5.73. The number of benzene rings is 1. The summed E-state index contributed by atoms with van der Waals surface area (Å²) in [4.78, 5) is 13.9. The highest BCUT2D eigenvalue weighted by molar-refractivity contribution is 9.10. The number of morpholine rings is 1. The quantitative estimate of drug-likeness (QED) is 0.764. The summed E-state index contributed by atoms with van der Waals surface area (Å²) in [6, 6.07) is 5.32. The third kappa shape index (κ3) is 3.18. The molecular weight excluding hydrogens is 341 g/mol. The van der Waals surface area contributed by atoms with E-state index in [1.54, 1.807) is 17.0 Å². The van der Waals surface area contributed by atoms with Gasteiger partial charge in [0, 0.05) is 22.6 Å². The first-order chi connectivity index (χ1) is 8.59. The van der Waals surface area contributed by atoms with Crippen molar-refractivity contribution < 1.29 is 9.53 Å². The van der Waals surface area contributed by atoms with E-state index < -0.39 is 5.38 Å². The van der Waals surface area contributed by atoms with Crippen LogP contribution in [0.25, 0.3) is 0 Å². The van der Waals surface area contributed by atoms with Crippen molar-refractivity contribution in [2.24, 2.45) is 0 Å². The van der Waals surface area contributed by atoms with Crippen LogP contribution in [0, 0.1) is 0 Å². The van der Waals surface area contributed by atoms with Crippen molar-refractivity contribution in [3.8, 4) is 0 Å². The van der Waals surface area contributed by atoms with Gasteiger partial charge in [0.1, 0.15) is 5.38 Å². The number of carbonyl (C=O) groups is 1. The lowest BCUT2D eigenvalue weighted by molar-refractivity contribution is -0.134. The molecule has 1 aliphatic rings. The first kappa shape index (κ1) is 14.1. The molecular formula is C12H12BrCl2NO2. The molecule has 1 fully saturated rings. The molecule has 1 unspecified atom stereocenters. The predicted molar refractivity (Wildman–Crippen MR) is 75.1 cm³/mol. The Morgan fingerprint density at radius 2 is 2.06 bits per heavy atom. The van der Waals surface area contributed by atoms with Crippen LogP contribution in [-0.4, -0.2) is 37.1 Å². The maximum Gasteiger partial charge on any atom is 0.245 e. The van der Waals surface area contributed by atoms with Crippen LogP contribution in [-0.2, 0) is 9.53 Å². The summed E-state index contributed by atoms with van der Waals surface area (Å²) < 4.78 is 6.06. The molecule has 1 aromatic carbocycles. The summed E-state index contributed by atoms with van der Waals surface area (Å²) in [5.74, 6) is -0.125. The minimum atomic E-state index is -0.756. The Bertz CT molecular complexity index is 450. The molecule has 6 heteroatoms. The Labute approximate surface area is 124 Å². The van der Waals surface area contributed by atoms with E-state index >= 15 is 0 Å². The van der Waals surface area contributed by atoms with E-state index in [9.17, 15) is 4.79 Å². The number of hydrogen-bond donors (Lipinski definition) is 0. The smallest absolute Gasteiger partial charge is 0.245 e. The van der Waals surface area contributed by atoms with Crippen LogP contribution in [0.5, 0.6) is 0 Å². The van der Waals surface area contributed by atoms with Gasteiger partial charge in [0.05, 0.1) is 13.2 Å². The molecule has 0 saturated carbocycles. The molecule has 1 aromatic rings. The maximum atomic E-state index is 12.2. The second kappa shape index (κ2) is 6.24. The van der Waals surface area contributed by atoms with Gasteiger partial charge in [-0.05, 0) is 23.8 Å². The SMILES string of the molecule is O=C(C(Cl)c1cc(Br)ccc1Cl)N1CCOCC1. The van der Waals surface area contributed by atoms with E-state index in [1.165, 1.54) is 0 Å². The average Bonchev–Trinajstić information content (AvgIpc) is 2.41. The molecule has 1 amide bonds. The molecule has 2 rings (SSSR count). The van der Waals surface area contributed by atoms with E-state index in [0.29, 0.717) is 36.9 Å². The molecule has 0 aromatic heterocycles. The van der Waals surface area contributed by atoms with Crippen LogP contribution in [0.1, 0.15) is 10.9 Å². The van der Waals surface area contributed by atoms with E-state index in [2.05, 4.69) is 15.9 Å². The van der Waals surface area contributed by atoms with E-state index in [0.717, 1.165) is 4.47 Å². The van der Waals surface area contributed by atoms with Crippen LogP contribution >= 0.6 is 39.1 Å². The van der Waals surface area contributed by atoms with Gasteiger partial charge in [0.2, 0.25) is 5.91 Å². The van der Waals surface area contributed by atoms with Crippen LogP contribution in [0.15, 0.2) is 22.7 Å². The fraction of sp³-hybridized carbons (Fsp3) is 0.417. The summed E-state index contributed by atoms with van der Waals surface area (Å²) in [5, 5.41) is -0.257. The van der Waals surface area contributed by atoms with Gasteiger partial charge >= 0.3 is 0 Å². The third-order valence-corrected chi connectivity index (χ3v) is 4.03. The minimum Gasteiger partial charge on any atom is -0.378 e. The van der Waals surface area contributed by atoms with Crippen LogP contribution in [0.2, 0.25) is 5.02 Å². The fourth-order valence-corrected chi connectivity index (χ4v) is 2.77. The van der Waals surface area contributed by atoms with Crippen LogP contribution < -0.4 is 0 Å². The Morgan fingerprint density at radius 3 is 2.72 bits per heavy atom. The van der Waals surface area contributed by atoms with Crippen LogP contribution in [0.4, 0.5) is 0 Å². The molecule has 1 atom stereocenters. The molecule has 18 heavy (non-hydrogen) atoms. The molecule has 1 aliphatic heterocycles. The number of hydrogen-bond acceptors (Lipinski definition) is 2. The van der Waals surface area contributed by atoms with Crippen molar-refractivity contribution >= 4 is 45.0 Å². The highest BCUT2D eigenvalue weighted by atomic mass is 79.9. The monoisotopic (exact) mass is 351 g/mol. The van der Waals surface area contributed by atoms with Crippen molar-refractivity contribution in [1.29, 1.82) is 0 Å². The van der Waals surface area contributed by atoms with Crippen molar-refractivity contribution in [2.75, 3.05) is 26.3 Å². The largest absolute Gasteiger partial charge is 0.378 e. The van der Waals surface area contributed by atoms with Gasteiger partial charge in [-0.3, -0.25) is 4.79 Å². The Morgan fingerprint density at radius 1 is 1.39 bits per heavy atom. The van der Waals surface area contributed by atoms with Crippen molar-refractivity contribution in [3.63, 3.8) is 0 Å². The zero-order valence-electron chi connectivity index (χ0n) is 9.54. The summed E-state index contributed by atoms with van der Waals surface area (Å²) >= 11 is 15.7. The average molecular weight is 353 g/mol. The van der Waals surface area contributed by atoms with Gasteiger partial charge in [0.25, 0.3) is 0 Å². The van der Waals surface area contributed by atoms with Crippen molar-refractivity contribution in [1.82, 2.24) is 4.90 Å². The summed E-state index contributed by atoms with van der Waals surface area (Å²) in [6.07, 6.45) is 0. The highest BCUT2D eigenvalue weighted by Gasteiger charge is 2.26. The summed E-state index contributed by atoms with van der Waals surface area (Å²) in [6.45, 7) is 2.27. The topological polar surface area (TPSA) is 29.5 Å². The Balaban J connectivity index is 2.16.